The van der Waals surface area contributed by atoms with Gasteiger partial charge in [-0.3, -0.25) is 10.1 Å². The van der Waals surface area contributed by atoms with E-state index in [0.29, 0.717) is 40.1 Å². The third kappa shape index (κ3) is 7.96. The Hall–Kier alpha value is -4.75. The van der Waals surface area contributed by atoms with Crippen molar-refractivity contribution >= 4 is 41.1 Å². The van der Waals surface area contributed by atoms with Crippen molar-refractivity contribution in [2.24, 2.45) is 0 Å². The second-order valence-electron chi connectivity index (χ2n) is 9.81. The summed E-state index contributed by atoms with van der Waals surface area (Å²) in [5, 5.41) is 21.1. The third-order valence-corrected chi connectivity index (χ3v) is 7.03. The maximum atomic E-state index is 13.1. The van der Waals surface area contributed by atoms with Crippen LogP contribution in [0.3, 0.4) is 0 Å². The first-order valence-corrected chi connectivity index (χ1v) is 14.3. The Morgan fingerprint density at radius 2 is 2.07 bits per heavy atom. The molecule has 43 heavy (non-hydrogen) atoms. The number of imidazole rings is 1. The highest BCUT2D eigenvalue weighted by Gasteiger charge is 2.20. The summed E-state index contributed by atoms with van der Waals surface area (Å²) < 4.78 is 11.5. The highest BCUT2D eigenvalue weighted by Crippen LogP contribution is 2.32. The number of ether oxygens (including phenoxy) is 2. The molecule has 5 rings (SSSR count). The maximum Gasteiger partial charge on any atom is 0.411 e. The molecule has 0 fully saturated rings. The summed E-state index contributed by atoms with van der Waals surface area (Å²) in [5.41, 5.74) is 4.38. The molecule has 224 valence electrons. The number of carbonyl (C=O) groups is 2. The van der Waals surface area contributed by atoms with Gasteiger partial charge in [0.2, 0.25) is 5.91 Å². The number of hydrogen-bond acceptors (Lipinski definition) is 9. The van der Waals surface area contributed by atoms with Crippen LogP contribution in [0.15, 0.2) is 55.0 Å². The molecule has 2 aromatic heterocycles. The minimum atomic E-state index is -0.554. The standard InChI is InChI=1S/C29H32ClN9O4/c1-42-13-14-43-29(41)34-21-8-9-22-24(16-21)31-12-4-2-3-5-23(28-32-17-25(22)36-28)35-27(40)11-6-19-15-20(30)7-10-26(19)39-18-33-37-38-39/h6-11,15-18,23,31H,2-5,12-14H2,1H3,(H,32,36)(H,34,41)(H,35,40)/b11-6+/t23-/m0/s1. The second-order valence-corrected chi connectivity index (χ2v) is 10.2. The molecule has 0 spiro atoms. The molecular weight excluding hydrogens is 574 g/mol. The van der Waals surface area contributed by atoms with Crippen molar-refractivity contribution in [2.45, 2.75) is 31.7 Å². The van der Waals surface area contributed by atoms with Crippen molar-refractivity contribution < 1.29 is 19.1 Å². The van der Waals surface area contributed by atoms with Gasteiger partial charge in [0.1, 0.15) is 18.8 Å². The Kier molecular flexibility index (Phi) is 9.97. The summed E-state index contributed by atoms with van der Waals surface area (Å²) in [6.45, 7) is 1.23. The highest BCUT2D eigenvalue weighted by molar-refractivity contribution is 6.30. The molecule has 3 heterocycles. The number of amides is 2. The molecule has 1 aliphatic rings. The van der Waals surface area contributed by atoms with Crippen LogP contribution < -0.4 is 16.0 Å². The molecule has 2 aromatic carbocycles. The van der Waals surface area contributed by atoms with E-state index < -0.39 is 6.09 Å². The van der Waals surface area contributed by atoms with Crippen molar-refractivity contribution in [1.29, 1.82) is 0 Å². The molecule has 1 atom stereocenters. The van der Waals surface area contributed by atoms with Crippen LogP contribution in [0.2, 0.25) is 5.02 Å². The van der Waals surface area contributed by atoms with Crippen LogP contribution in [0.5, 0.6) is 0 Å². The predicted molar refractivity (Wildman–Crippen MR) is 162 cm³/mol. The van der Waals surface area contributed by atoms with Crippen molar-refractivity contribution in [3.05, 3.63) is 71.4 Å². The van der Waals surface area contributed by atoms with E-state index in [-0.39, 0.29) is 18.6 Å². The third-order valence-electron chi connectivity index (χ3n) is 6.79. The van der Waals surface area contributed by atoms with Gasteiger partial charge in [0, 0.05) is 53.5 Å². The molecule has 0 saturated carbocycles. The lowest BCUT2D eigenvalue weighted by atomic mass is 10.1. The van der Waals surface area contributed by atoms with Crippen LogP contribution in [-0.4, -0.2) is 69.0 Å². The van der Waals surface area contributed by atoms with Gasteiger partial charge in [0.05, 0.1) is 24.0 Å². The van der Waals surface area contributed by atoms with Crippen LogP contribution in [0.4, 0.5) is 16.2 Å². The summed E-state index contributed by atoms with van der Waals surface area (Å²) in [6, 6.07) is 10.5. The molecule has 0 radical (unpaired) electrons. The van der Waals surface area contributed by atoms with E-state index in [1.54, 1.807) is 37.5 Å². The number of H-pyrrole nitrogens is 1. The van der Waals surface area contributed by atoms with E-state index in [2.05, 4.69) is 36.5 Å². The number of aromatic amines is 1. The lowest BCUT2D eigenvalue weighted by Crippen LogP contribution is -2.27. The van der Waals surface area contributed by atoms with Crippen molar-refractivity contribution in [3.63, 3.8) is 0 Å². The Morgan fingerprint density at radius 1 is 1.16 bits per heavy atom. The predicted octanol–water partition coefficient (Wildman–Crippen LogP) is 4.76. The molecule has 0 saturated heterocycles. The zero-order chi connectivity index (χ0) is 30.0. The van der Waals surface area contributed by atoms with E-state index in [9.17, 15) is 9.59 Å². The minimum absolute atomic E-state index is 0.164. The van der Waals surface area contributed by atoms with Gasteiger partial charge in [0.15, 0.2) is 0 Å². The van der Waals surface area contributed by atoms with Gasteiger partial charge in [-0.15, -0.1) is 5.10 Å². The number of rotatable bonds is 8. The smallest absolute Gasteiger partial charge is 0.411 e. The average Bonchev–Trinajstić information content (AvgIpc) is 3.70. The fourth-order valence-electron chi connectivity index (χ4n) is 4.69. The number of aromatic nitrogens is 6. The molecule has 0 aliphatic carbocycles. The molecule has 14 heteroatoms. The fraction of sp³-hybridized carbons (Fsp3) is 0.310. The number of carbonyl (C=O) groups excluding carboxylic acids is 2. The Morgan fingerprint density at radius 3 is 2.91 bits per heavy atom. The summed E-state index contributed by atoms with van der Waals surface area (Å²) in [4.78, 5) is 33.3. The highest BCUT2D eigenvalue weighted by atomic mass is 35.5. The number of fused-ring (bicyclic) bond motifs is 4. The molecule has 2 amide bonds. The monoisotopic (exact) mass is 605 g/mol. The zero-order valence-electron chi connectivity index (χ0n) is 23.5. The molecule has 4 N–H and O–H groups in total. The minimum Gasteiger partial charge on any atom is -0.447 e. The van der Waals surface area contributed by atoms with Gasteiger partial charge in [-0.05, 0) is 65.7 Å². The molecule has 2 bridgehead atoms. The molecule has 4 aromatic rings. The Bertz CT molecular complexity index is 1570. The first kappa shape index (κ1) is 29.7. The van der Waals surface area contributed by atoms with Crippen molar-refractivity contribution in [3.8, 4) is 16.9 Å². The zero-order valence-corrected chi connectivity index (χ0v) is 24.3. The average molecular weight is 606 g/mol. The number of nitrogens with one attached hydrogen (secondary N) is 4. The topological polar surface area (TPSA) is 161 Å². The molecule has 0 unspecified atom stereocenters. The maximum absolute atomic E-state index is 13.1. The van der Waals surface area contributed by atoms with Gasteiger partial charge in [0.25, 0.3) is 0 Å². The molecule has 1 aliphatic heterocycles. The first-order chi connectivity index (χ1) is 21.0. The SMILES string of the molecule is COCCOC(=O)Nc1ccc2c(c1)NCCCCC[C@H](NC(=O)/C=C/c1cc(Cl)ccc1-n1cnnn1)c1nc-2c[nH]1. The van der Waals surface area contributed by atoms with Gasteiger partial charge in [-0.2, -0.15) is 4.68 Å². The second kappa shape index (κ2) is 14.4. The fourth-order valence-corrected chi connectivity index (χ4v) is 4.87. The van der Waals surface area contributed by atoms with Crippen LogP contribution >= 0.6 is 11.6 Å². The largest absolute Gasteiger partial charge is 0.447 e. The van der Waals surface area contributed by atoms with Crippen LogP contribution in [0.1, 0.15) is 43.1 Å². The normalized spacial score (nSPS) is 15.1. The van der Waals surface area contributed by atoms with E-state index >= 15 is 0 Å². The lowest BCUT2D eigenvalue weighted by molar-refractivity contribution is -0.117. The summed E-state index contributed by atoms with van der Waals surface area (Å²) in [6.07, 6.45) is 9.40. The molecular formula is C29H32ClN9O4. The number of halogens is 1. The van der Waals surface area contributed by atoms with Crippen LogP contribution in [-0.2, 0) is 14.3 Å². The summed E-state index contributed by atoms with van der Waals surface area (Å²) >= 11 is 6.21. The van der Waals surface area contributed by atoms with E-state index in [1.807, 2.05) is 18.3 Å². The summed E-state index contributed by atoms with van der Waals surface area (Å²) in [7, 11) is 1.54. The van der Waals surface area contributed by atoms with Crippen LogP contribution in [0, 0.1) is 0 Å². The number of hydrogen-bond donors (Lipinski definition) is 4. The van der Waals surface area contributed by atoms with E-state index in [0.717, 1.165) is 43.5 Å². The number of anilines is 2. The number of benzene rings is 2. The first-order valence-electron chi connectivity index (χ1n) is 13.9. The van der Waals surface area contributed by atoms with E-state index in [1.165, 1.54) is 17.1 Å². The van der Waals surface area contributed by atoms with Crippen LogP contribution in [0.25, 0.3) is 23.0 Å². The number of nitrogens with zero attached hydrogens (tertiary/aromatic N) is 5. The van der Waals surface area contributed by atoms with Gasteiger partial charge in [-0.1, -0.05) is 24.4 Å². The van der Waals surface area contributed by atoms with Gasteiger partial charge >= 0.3 is 6.09 Å². The van der Waals surface area contributed by atoms with Crippen molar-refractivity contribution in [2.75, 3.05) is 37.5 Å². The lowest BCUT2D eigenvalue weighted by Gasteiger charge is -2.17. The van der Waals surface area contributed by atoms with Gasteiger partial charge < -0.3 is 25.1 Å². The Balaban J connectivity index is 1.32. The number of tetrazole rings is 1. The van der Waals surface area contributed by atoms with E-state index in [4.69, 9.17) is 26.1 Å². The quantitative estimate of drug-likeness (QED) is 0.164. The van der Waals surface area contributed by atoms with Gasteiger partial charge in [-0.25, -0.2) is 9.78 Å². The van der Waals surface area contributed by atoms with Crippen molar-refractivity contribution in [1.82, 2.24) is 35.5 Å². The summed E-state index contributed by atoms with van der Waals surface area (Å²) in [5.74, 6) is 0.386. The number of methoxy groups -OCH3 is 1. The Labute approximate surface area is 253 Å². The molecule has 13 nitrogen and oxygen atoms in total.